The average Bonchev–Trinajstić information content (AvgIpc) is 2.63. The van der Waals surface area contributed by atoms with Gasteiger partial charge in [-0.1, -0.05) is 23.7 Å². The minimum Gasteiger partial charge on any atom is -0.438 e. The van der Waals surface area contributed by atoms with Crippen LogP contribution in [0.1, 0.15) is 11.1 Å². The first-order valence-electron chi connectivity index (χ1n) is 7.38. The molecular formula is C19H10ClF3N2O. The fourth-order valence-electron chi connectivity index (χ4n) is 2.26. The van der Waals surface area contributed by atoms with Crippen molar-refractivity contribution in [2.45, 2.75) is 6.18 Å². The highest BCUT2D eigenvalue weighted by Gasteiger charge is 2.30. The number of nitriles is 1. The Balaban J connectivity index is 1.94. The summed E-state index contributed by atoms with van der Waals surface area (Å²) in [6.07, 6.45) is -3.08. The number of benzene rings is 2. The molecule has 3 nitrogen and oxygen atoms in total. The molecule has 0 N–H and O–H groups in total. The molecule has 2 aromatic carbocycles. The van der Waals surface area contributed by atoms with Crippen LogP contribution in [0.5, 0.6) is 11.6 Å². The first kappa shape index (κ1) is 17.8. The molecule has 1 heterocycles. The molecule has 0 saturated heterocycles. The standard InChI is InChI=1S/C19H10ClF3N2O/c20-16-4-6-17(7-5-16)26-18-13(10-24)8-14(11-25-18)12-2-1-3-15(9-12)19(21,22)23/h1-9,11H. The van der Waals surface area contributed by atoms with Gasteiger partial charge in [-0.2, -0.15) is 18.4 Å². The molecule has 130 valence electrons. The zero-order valence-electron chi connectivity index (χ0n) is 13.1. The highest BCUT2D eigenvalue weighted by Crippen LogP contribution is 2.33. The van der Waals surface area contributed by atoms with Crippen LogP contribution in [0.3, 0.4) is 0 Å². The van der Waals surface area contributed by atoms with Crippen molar-refractivity contribution in [1.29, 1.82) is 5.26 Å². The second-order valence-corrected chi connectivity index (χ2v) is 5.76. The van der Waals surface area contributed by atoms with E-state index in [1.807, 2.05) is 6.07 Å². The van der Waals surface area contributed by atoms with Gasteiger partial charge in [0.1, 0.15) is 17.4 Å². The van der Waals surface area contributed by atoms with Gasteiger partial charge in [0.15, 0.2) is 0 Å². The van der Waals surface area contributed by atoms with E-state index in [4.69, 9.17) is 16.3 Å². The van der Waals surface area contributed by atoms with Crippen LogP contribution in [0.25, 0.3) is 11.1 Å². The lowest BCUT2D eigenvalue weighted by Gasteiger charge is -2.10. The predicted octanol–water partition coefficient (Wildman–Crippen LogP) is 6.08. The molecule has 0 aliphatic carbocycles. The van der Waals surface area contributed by atoms with E-state index in [-0.39, 0.29) is 11.4 Å². The highest BCUT2D eigenvalue weighted by molar-refractivity contribution is 6.30. The van der Waals surface area contributed by atoms with Crippen molar-refractivity contribution in [3.8, 4) is 28.8 Å². The Hall–Kier alpha value is -3.04. The maximum Gasteiger partial charge on any atom is 0.416 e. The molecule has 26 heavy (non-hydrogen) atoms. The normalized spacial score (nSPS) is 11.0. The van der Waals surface area contributed by atoms with Crippen LogP contribution in [0.2, 0.25) is 5.02 Å². The number of alkyl halides is 3. The molecular weight excluding hydrogens is 365 g/mol. The monoisotopic (exact) mass is 374 g/mol. The maximum absolute atomic E-state index is 12.9. The molecule has 0 atom stereocenters. The van der Waals surface area contributed by atoms with Gasteiger partial charge in [0.25, 0.3) is 0 Å². The molecule has 0 aliphatic rings. The van der Waals surface area contributed by atoms with Crippen molar-refractivity contribution >= 4 is 11.6 Å². The predicted molar refractivity (Wildman–Crippen MR) is 90.9 cm³/mol. The Kier molecular flexibility index (Phi) is 4.83. The van der Waals surface area contributed by atoms with Crippen molar-refractivity contribution in [2.24, 2.45) is 0 Å². The molecule has 0 amide bonds. The van der Waals surface area contributed by atoms with Crippen LogP contribution in [0.4, 0.5) is 13.2 Å². The van der Waals surface area contributed by atoms with Crippen molar-refractivity contribution in [3.63, 3.8) is 0 Å². The van der Waals surface area contributed by atoms with Gasteiger partial charge in [-0.05, 0) is 48.0 Å². The number of hydrogen-bond acceptors (Lipinski definition) is 3. The lowest BCUT2D eigenvalue weighted by atomic mass is 10.0. The zero-order chi connectivity index (χ0) is 18.7. The largest absolute Gasteiger partial charge is 0.438 e. The highest BCUT2D eigenvalue weighted by atomic mass is 35.5. The Bertz CT molecular complexity index is 979. The van der Waals surface area contributed by atoms with Gasteiger partial charge in [0, 0.05) is 16.8 Å². The third-order valence-electron chi connectivity index (χ3n) is 3.52. The van der Waals surface area contributed by atoms with Gasteiger partial charge in [-0.3, -0.25) is 0 Å². The Morgan fingerprint density at radius 1 is 1.00 bits per heavy atom. The number of ether oxygens (including phenoxy) is 1. The van der Waals surface area contributed by atoms with Crippen molar-refractivity contribution in [2.75, 3.05) is 0 Å². The van der Waals surface area contributed by atoms with Crippen LogP contribution in [0.15, 0.2) is 60.8 Å². The number of rotatable bonds is 3. The molecule has 0 fully saturated rings. The molecule has 0 saturated carbocycles. The Morgan fingerprint density at radius 3 is 2.38 bits per heavy atom. The van der Waals surface area contributed by atoms with Gasteiger partial charge in [0.05, 0.1) is 5.56 Å². The van der Waals surface area contributed by atoms with Crippen LogP contribution in [0, 0.1) is 11.3 Å². The van der Waals surface area contributed by atoms with E-state index in [9.17, 15) is 18.4 Å². The van der Waals surface area contributed by atoms with E-state index in [0.717, 1.165) is 12.1 Å². The lowest BCUT2D eigenvalue weighted by Crippen LogP contribution is -2.04. The second-order valence-electron chi connectivity index (χ2n) is 5.32. The maximum atomic E-state index is 12.9. The van der Waals surface area contributed by atoms with E-state index < -0.39 is 11.7 Å². The summed E-state index contributed by atoms with van der Waals surface area (Å²) in [5, 5.41) is 9.86. The van der Waals surface area contributed by atoms with Crippen molar-refractivity contribution in [1.82, 2.24) is 4.98 Å². The topological polar surface area (TPSA) is 45.9 Å². The average molecular weight is 375 g/mol. The summed E-state index contributed by atoms with van der Waals surface area (Å²) >= 11 is 5.80. The SMILES string of the molecule is N#Cc1cc(-c2cccc(C(F)(F)F)c2)cnc1Oc1ccc(Cl)cc1. The van der Waals surface area contributed by atoms with E-state index in [1.54, 1.807) is 24.3 Å². The minimum absolute atomic E-state index is 0.0607. The molecule has 0 radical (unpaired) electrons. The van der Waals surface area contributed by atoms with E-state index in [0.29, 0.717) is 21.9 Å². The fourth-order valence-corrected chi connectivity index (χ4v) is 2.39. The zero-order valence-corrected chi connectivity index (χ0v) is 13.8. The van der Waals surface area contributed by atoms with Crippen LogP contribution >= 0.6 is 11.6 Å². The number of aromatic nitrogens is 1. The number of hydrogen-bond donors (Lipinski definition) is 0. The van der Waals surface area contributed by atoms with Gasteiger partial charge < -0.3 is 4.74 Å². The lowest BCUT2D eigenvalue weighted by molar-refractivity contribution is -0.137. The molecule has 0 unspecified atom stereocenters. The summed E-state index contributed by atoms with van der Waals surface area (Å²) in [5.74, 6) is 0.496. The number of pyridine rings is 1. The Morgan fingerprint density at radius 2 is 1.73 bits per heavy atom. The summed E-state index contributed by atoms with van der Waals surface area (Å²) in [6.45, 7) is 0. The van der Waals surface area contributed by atoms with Gasteiger partial charge in [-0.15, -0.1) is 0 Å². The summed E-state index contributed by atoms with van der Waals surface area (Å²) in [5.41, 5.74) is 0.0304. The van der Waals surface area contributed by atoms with Crippen molar-refractivity contribution in [3.05, 3.63) is 76.9 Å². The van der Waals surface area contributed by atoms with Gasteiger partial charge in [-0.25, -0.2) is 4.98 Å². The smallest absolute Gasteiger partial charge is 0.416 e. The number of nitrogens with zero attached hydrogens (tertiary/aromatic N) is 2. The number of halogens is 4. The summed E-state index contributed by atoms with van der Waals surface area (Å²) < 4.78 is 44.2. The van der Waals surface area contributed by atoms with E-state index in [2.05, 4.69) is 4.98 Å². The Labute approximate surface area is 152 Å². The fraction of sp³-hybridized carbons (Fsp3) is 0.0526. The third-order valence-corrected chi connectivity index (χ3v) is 3.77. The molecule has 0 spiro atoms. The van der Waals surface area contributed by atoms with Crippen LogP contribution < -0.4 is 4.74 Å². The molecule has 1 aromatic heterocycles. The van der Waals surface area contributed by atoms with E-state index in [1.165, 1.54) is 24.4 Å². The molecule has 0 aliphatic heterocycles. The third kappa shape index (κ3) is 3.95. The first-order valence-corrected chi connectivity index (χ1v) is 7.76. The van der Waals surface area contributed by atoms with Crippen LogP contribution in [-0.2, 0) is 6.18 Å². The second kappa shape index (κ2) is 7.06. The van der Waals surface area contributed by atoms with Crippen molar-refractivity contribution < 1.29 is 17.9 Å². The molecule has 3 aromatic rings. The molecule has 7 heteroatoms. The van der Waals surface area contributed by atoms with Gasteiger partial charge in [0.2, 0.25) is 5.88 Å². The van der Waals surface area contributed by atoms with E-state index >= 15 is 0 Å². The summed E-state index contributed by atoms with van der Waals surface area (Å²) in [7, 11) is 0. The van der Waals surface area contributed by atoms with Crippen LogP contribution in [-0.4, -0.2) is 4.98 Å². The molecule has 3 rings (SSSR count). The summed E-state index contributed by atoms with van der Waals surface area (Å²) in [4.78, 5) is 4.08. The molecule has 0 bridgehead atoms. The summed E-state index contributed by atoms with van der Waals surface area (Å²) in [6, 6.07) is 14.7. The first-order chi connectivity index (χ1) is 12.4. The van der Waals surface area contributed by atoms with Gasteiger partial charge >= 0.3 is 6.18 Å². The minimum atomic E-state index is -4.45. The quantitative estimate of drug-likeness (QED) is 0.557.